The van der Waals surface area contributed by atoms with Crippen molar-refractivity contribution in [2.75, 3.05) is 6.54 Å². The van der Waals surface area contributed by atoms with E-state index in [2.05, 4.69) is 9.97 Å². The maximum Gasteiger partial charge on any atom is 0.290 e. The molecule has 5 rings (SSSR count). The number of amides is 1. The molecule has 1 aliphatic rings. The van der Waals surface area contributed by atoms with Crippen molar-refractivity contribution in [3.63, 3.8) is 0 Å². The molecule has 2 aromatic heterocycles. The van der Waals surface area contributed by atoms with Crippen LogP contribution in [0.5, 0.6) is 0 Å². The number of aliphatic hydroxyl groups excluding tert-OH is 1. The standard InChI is InChI=1S/C26H24N4O3S/c1-16-25(34-17(2)28-16)23(31)21-22(20-10-5-8-18-7-3-4-9-19(18)20)30(26(33)24(21)32)13-6-12-29-14-11-27-15-29/h3-5,7-11,14-15,22,32H,6,12-13H2,1-2H3. The van der Waals surface area contributed by atoms with Crippen molar-refractivity contribution in [1.82, 2.24) is 19.4 Å². The zero-order valence-electron chi connectivity index (χ0n) is 18.9. The molecule has 1 amide bonds. The molecule has 4 aromatic rings. The first-order valence-electron chi connectivity index (χ1n) is 11.1. The number of aliphatic hydroxyl groups is 1. The Kier molecular flexibility index (Phi) is 5.75. The summed E-state index contributed by atoms with van der Waals surface area (Å²) in [5.41, 5.74) is 1.55. The zero-order valence-corrected chi connectivity index (χ0v) is 19.7. The van der Waals surface area contributed by atoms with Crippen LogP contribution in [-0.2, 0) is 11.3 Å². The van der Waals surface area contributed by atoms with E-state index in [1.807, 2.05) is 60.2 Å². The topological polar surface area (TPSA) is 88.3 Å². The molecule has 0 radical (unpaired) electrons. The molecule has 8 heteroatoms. The summed E-state index contributed by atoms with van der Waals surface area (Å²) in [6.45, 7) is 4.67. The quantitative estimate of drug-likeness (QED) is 0.391. The Balaban J connectivity index is 1.59. The van der Waals surface area contributed by atoms with E-state index in [1.165, 1.54) is 11.3 Å². The molecule has 2 aromatic carbocycles. The minimum absolute atomic E-state index is 0.121. The van der Waals surface area contributed by atoms with Crippen LogP contribution in [0.15, 0.2) is 72.5 Å². The molecule has 34 heavy (non-hydrogen) atoms. The third kappa shape index (κ3) is 3.80. The largest absolute Gasteiger partial charge is 0.503 e. The van der Waals surface area contributed by atoms with Crippen LogP contribution in [0.1, 0.15) is 38.4 Å². The van der Waals surface area contributed by atoms with Crippen molar-refractivity contribution < 1.29 is 14.7 Å². The predicted molar refractivity (Wildman–Crippen MR) is 131 cm³/mol. The van der Waals surface area contributed by atoms with Gasteiger partial charge in [0.1, 0.15) is 0 Å². The molecule has 172 valence electrons. The van der Waals surface area contributed by atoms with Crippen LogP contribution in [0.2, 0.25) is 0 Å². The molecular formula is C26H24N4O3S. The number of fused-ring (bicyclic) bond motifs is 1. The van der Waals surface area contributed by atoms with E-state index in [1.54, 1.807) is 24.3 Å². The van der Waals surface area contributed by atoms with Gasteiger partial charge in [0.2, 0.25) is 5.78 Å². The second kappa shape index (κ2) is 8.87. The summed E-state index contributed by atoms with van der Waals surface area (Å²) in [6.07, 6.45) is 5.96. The van der Waals surface area contributed by atoms with Gasteiger partial charge in [0.05, 0.1) is 33.5 Å². The minimum atomic E-state index is -0.685. The van der Waals surface area contributed by atoms with Crippen molar-refractivity contribution in [2.24, 2.45) is 0 Å². The smallest absolute Gasteiger partial charge is 0.290 e. The summed E-state index contributed by atoms with van der Waals surface area (Å²) < 4.78 is 1.94. The normalized spacial score (nSPS) is 16.1. The molecule has 0 saturated heterocycles. The molecule has 0 fully saturated rings. The lowest BCUT2D eigenvalue weighted by atomic mass is 9.91. The number of thiazole rings is 1. The number of hydrogen-bond donors (Lipinski definition) is 1. The number of nitrogens with zero attached hydrogens (tertiary/aromatic N) is 4. The molecule has 1 unspecified atom stereocenters. The second-order valence-corrected chi connectivity index (χ2v) is 9.57. The maximum atomic E-state index is 13.7. The Morgan fingerprint density at radius 1 is 1.12 bits per heavy atom. The zero-order chi connectivity index (χ0) is 23.8. The number of carbonyl (C=O) groups excluding carboxylic acids is 2. The maximum absolute atomic E-state index is 13.7. The lowest BCUT2D eigenvalue weighted by Gasteiger charge is -2.28. The monoisotopic (exact) mass is 472 g/mol. The van der Waals surface area contributed by atoms with Crippen LogP contribution < -0.4 is 0 Å². The SMILES string of the molecule is Cc1nc(C)c(C(=O)C2=C(O)C(=O)N(CCCn3ccnc3)C2c2cccc3ccccc23)s1. The average Bonchev–Trinajstić information content (AvgIpc) is 3.53. The first-order valence-corrected chi connectivity index (χ1v) is 11.9. The lowest BCUT2D eigenvalue weighted by molar-refractivity contribution is -0.129. The van der Waals surface area contributed by atoms with Gasteiger partial charge in [-0.25, -0.2) is 9.97 Å². The third-order valence-electron chi connectivity index (χ3n) is 6.15. The first-order chi connectivity index (χ1) is 16.5. The van der Waals surface area contributed by atoms with Gasteiger partial charge in [-0.1, -0.05) is 42.5 Å². The van der Waals surface area contributed by atoms with E-state index in [0.29, 0.717) is 30.1 Å². The highest BCUT2D eigenvalue weighted by Crippen LogP contribution is 2.42. The summed E-state index contributed by atoms with van der Waals surface area (Å²) in [7, 11) is 0. The fourth-order valence-electron chi connectivity index (χ4n) is 4.64. The summed E-state index contributed by atoms with van der Waals surface area (Å²) in [5.74, 6) is -1.34. The number of ketones is 1. The lowest BCUT2D eigenvalue weighted by Crippen LogP contribution is -2.32. The van der Waals surface area contributed by atoms with Gasteiger partial charge in [0.25, 0.3) is 5.91 Å². The van der Waals surface area contributed by atoms with Crippen LogP contribution in [0, 0.1) is 13.8 Å². The third-order valence-corrected chi connectivity index (χ3v) is 7.22. The Morgan fingerprint density at radius 3 is 2.65 bits per heavy atom. The van der Waals surface area contributed by atoms with E-state index >= 15 is 0 Å². The van der Waals surface area contributed by atoms with Gasteiger partial charge in [-0.3, -0.25) is 9.59 Å². The van der Waals surface area contributed by atoms with E-state index in [9.17, 15) is 14.7 Å². The molecule has 1 aliphatic heterocycles. The van der Waals surface area contributed by atoms with Gasteiger partial charge >= 0.3 is 0 Å². The number of carbonyl (C=O) groups is 2. The van der Waals surface area contributed by atoms with E-state index in [-0.39, 0.29) is 11.4 Å². The summed E-state index contributed by atoms with van der Waals surface area (Å²) in [4.78, 5) is 37.5. The fraction of sp³-hybridized carbons (Fsp3) is 0.231. The fourth-order valence-corrected chi connectivity index (χ4v) is 5.51. The van der Waals surface area contributed by atoms with Crippen LogP contribution in [-0.4, -0.2) is 42.8 Å². The van der Waals surface area contributed by atoms with Crippen molar-refractivity contribution >= 4 is 33.8 Å². The molecule has 0 bridgehead atoms. The number of aryl methyl sites for hydroxylation is 3. The number of hydrogen-bond acceptors (Lipinski definition) is 6. The highest BCUT2D eigenvalue weighted by Gasteiger charge is 2.44. The van der Waals surface area contributed by atoms with E-state index in [0.717, 1.165) is 21.3 Å². The molecule has 3 heterocycles. The average molecular weight is 473 g/mol. The Labute approximate surface area is 201 Å². The molecule has 7 nitrogen and oxygen atoms in total. The van der Waals surface area contributed by atoms with E-state index < -0.39 is 17.7 Å². The van der Waals surface area contributed by atoms with Gasteiger partial charge in [0, 0.05) is 25.5 Å². The van der Waals surface area contributed by atoms with Gasteiger partial charge in [-0.05, 0) is 36.6 Å². The van der Waals surface area contributed by atoms with Crippen molar-refractivity contribution in [3.8, 4) is 0 Å². The summed E-state index contributed by atoms with van der Waals surface area (Å²) in [6, 6.07) is 13.0. The highest BCUT2D eigenvalue weighted by atomic mass is 32.1. The van der Waals surface area contributed by atoms with Crippen LogP contribution >= 0.6 is 11.3 Å². The van der Waals surface area contributed by atoms with E-state index in [4.69, 9.17) is 0 Å². The van der Waals surface area contributed by atoms with Crippen molar-refractivity contribution in [3.05, 3.63) is 93.7 Å². The second-order valence-electron chi connectivity index (χ2n) is 8.36. The summed E-state index contributed by atoms with van der Waals surface area (Å²) in [5, 5.41) is 13.7. The van der Waals surface area contributed by atoms with Gasteiger partial charge in [-0.15, -0.1) is 11.3 Å². The van der Waals surface area contributed by atoms with Crippen LogP contribution in [0.3, 0.4) is 0 Å². The number of aromatic nitrogens is 3. The minimum Gasteiger partial charge on any atom is -0.503 e. The van der Waals surface area contributed by atoms with Crippen LogP contribution in [0.4, 0.5) is 0 Å². The predicted octanol–water partition coefficient (Wildman–Crippen LogP) is 4.78. The van der Waals surface area contributed by atoms with Gasteiger partial charge in [0.15, 0.2) is 5.76 Å². The number of benzene rings is 2. The molecular weight excluding hydrogens is 448 g/mol. The number of Topliss-reactive ketones (excluding diaryl/α,β-unsaturated/α-hetero) is 1. The van der Waals surface area contributed by atoms with Crippen molar-refractivity contribution in [1.29, 1.82) is 0 Å². The van der Waals surface area contributed by atoms with Gasteiger partial charge < -0.3 is 14.6 Å². The van der Waals surface area contributed by atoms with Crippen molar-refractivity contribution in [2.45, 2.75) is 32.9 Å². The highest BCUT2D eigenvalue weighted by molar-refractivity contribution is 7.14. The first kappa shape index (κ1) is 22.0. The Morgan fingerprint density at radius 2 is 1.91 bits per heavy atom. The molecule has 0 aliphatic carbocycles. The van der Waals surface area contributed by atoms with Gasteiger partial charge in [-0.2, -0.15) is 0 Å². The Bertz CT molecular complexity index is 1420. The molecule has 0 saturated carbocycles. The number of imidazole rings is 1. The molecule has 0 spiro atoms. The molecule has 1 N–H and O–H groups in total. The van der Waals surface area contributed by atoms with Crippen LogP contribution in [0.25, 0.3) is 10.8 Å². The molecule has 1 atom stereocenters. The number of rotatable bonds is 7. The summed E-state index contributed by atoms with van der Waals surface area (Å²) >= 11 is 1.28. The Hall–Kier alpha value is -3.78.